The van der Waals surface area contributed by atoms with Gasteiger partial charge in [0.1, 0.15) is 5.82 Å². The van der Waals surface area contributed by atoms with Crippen molar-refractivity contribution in [2.45, 2.75) is 17.7 Å². The molecule has 1 fully saturated rings. The zero-order valence-electron chi connectivity index (χ0n) is 13.4. The minimum absolute atomic E-state index is 0.00209. The summed E-state index contributed by atoms with van der Waals surface area (Å²) in [4.78, 5) is 13.7. The van der Waals surface area contributed by atoms with Gasteiger partial charge in [0.2, 0.25) is 5.91 Å². The van der Waals surface area contributed by atoms with Crippen LogP contribution in [0.1, 0.15) is 6.42 Å². The van der Waals surface area contributed by atoms with Crippen LogP contribution in [-0.4, -0.2) is 59.8 Å². The van der Waals surface area contributed by atoms with Gasteiger partial charge >= 0.3 is 0 Å². The van der Waals surface area contributed by atoms with Crippen molar-refractivity contribution in [2.24, 2.45) is 0 Å². The fraction of sp³-hybridized carbons (Fsp3) is 0.400. The summed E-state index contributed by atoms with van der Waals surface area (Å²) in [6.07, 6.45) is 0.452. The molecule has 0 spiro atoms. The highest BCUT2D eigenvalue weighted by Crippen LogP contribution is 2.25. The molecule has 1 aliphatic heterocycles. The lowest BCUT2D eigenvalue weighted by Gasteiger charge is -2.22. The lowest BCUT2D eigenvalue weighted by Crippen LogP contribution is -2.38. The van der Waals surface area contributed by atoms with Crippen LogP contribution < -0.4 is 0 Å². The number of rotatable bonds is 5. The van der Waals surface area contributed by atoms with Gasteiger partial charge in [0, 0.05) is 13.1 Å². The molecule has 3 rings (SSSR count). The van der Waals surface area contributed by atoms with Crippen LogP contribution in [0.3, 0.4) is 0 Å². The average molecular weight is 385 g/mol. The van der Waals surface area contributed by atoms with E-state index in [0.29, 0.717) is 6.42 Å². The second-order valence-corrected chi connectivity index (χ2v) is 8.86. The number of halogens is 1. The average Bonchev–Trinajstić information content (AvgIpc) is 3.18. The predicted molar refractivity (Wildman–Crippen MR) is 90.2 cm³/mol. The van der Waals surface area contributed by atoms with Crippen LogP contribution >= 0.6 is 11.8 Å². The molecule has 0 saturated carbocycles. The Kier molecular flexibility index (Phi) is 5.09. The fourth-order valence-electron chi connectivity index (χ4n) is 2.52. The van der Waals surface area contributed by atoms with Gasteiger partial charge in [-0.3, -0.25) is 4.79 Å². The van der Waals surface area contributed by atoms with Gasteiger partial charge in [0.15, 0.2) is 9.84 Å². The number of benzene rings is 1. The summed E-state index contributed by atoms with van der Waals surface area (Å²) in [6, 6.07) is 5.73. The van der Waals surface area contributed by atoms with Gasteiger partial charge in [-0.05, 0) is 18.6 Å². The van der Waals surface area contributed by atoms with Crippen molar-refractivity contribution in [1.29, 1.82) is 0 Å². The van der Waals surface area contributed by atoms with Crippen LogP contribution in [0, 0.1) is 5.82 Å². The molecule has 1 aromatic heterocycles. The quantitative estimate of drug-likeness (QED) is 0.722. The molecule has 0 aliphatic carbocycles. The van der Waals surface area contributed by atoms with Crippen molar-refractivity contribution in [1.82, 2.24) is 15.1 Å². The van der Waals surface area contributed by atoms with Gasteiger partial charge in [-0.2, -0.15) is 0 Å². The summed E-state index contributed by atoms with van der Waals surface area (Å²) in [5, 5.41) is 7.74. The Morgan fingerprint density at radius 3 is 2.84 bits per heavy atom. The monoisotopic (exact) mass is 385 g/mol. The number of thioether (sulfide) groups is 1. The highest BCUT2D eigenvalue weighted by Gasteiger charge is 2.32. The largest absolute Gasteiger partial charge is 0.411 e. The van der Waals surface area contributed by atoms with Crippen molar-refractivity contribution in [3.63, 3.8) is 0 Å². The normalized spacial score (nSPS) is 19.0. The summed E-state index contributed by atoms with van der Waals surface area (Å²) in [5.74, 6) is -0.510. The van der Waals surface area contributed by atoms with Crippen molar-refractivity contribution >= 4 is 27.5 Å². The first-order valence-corrected chi connectivity index (χ1v) is 10.3. The Balaban J connectivity index is 1.59. The topological polar surface area (TPSA) is 93.4 Å². The van der Waals surface area contributed by atoms with Gasteiger partial charge in [-0.25, -0.2) is 12.8 Å². The Bertz CT molecular complexity index is 884. The molecule has 0 radical (unpaired) electrons. The Hall–Kier alpha value is -1.94. The molecule has 1 atom stereocenters. The second-order valence-electron chi connectivity index (χ2n) is 5.70. The van der Waals surface area contributed by atoms with Crippen LogP contribution in [0.5, 0.6) is 0 Å². The molecule has 1 saturated heterocycles. The van der Waals surface area contributed by atoms with Crippen molar-refractivity contribution < 1.29 is 22.0 Å². The Morgan fingerprint density at radius 1 is 1.40 bits per heavy atom. The van der Waals surface area contributed by atoms with E-state index in [1.807, 2.05) is 0 Å². The first-order chi connectivity index (χ1) is 11.9. The minimum Gasteiger partial charge on any atom is -0.411 e. The molecular formula is C15H16FN3O4S2. The SMILES string of the molecule is CN(C(=O)CSc1nnc(-c2ccccc2F)o1)[C@@H]1CCS(=O)(=O)C1. The van der Waals surface area contributed by atoms with Crippen molar-refractivity contribution in [2.75, 3.05) is 24.3 Å². The van der Waals surface area contributed by atoms with Crippen LogP contribution in [0.2, 0.25) is 0 Å². The van der Waals surface area contributed by atoms with Gasteiger partial charge in [0.05, 0.1) is 22.8 Å². The van der Waals surface area contributed by atoms with Crippen LogP contribution in [0.4, 0.5) is 4.39 Å². The summed E-state index contributed by atoms with van der Waals surface area (Å²) in [6.45, 7) is 0. The van der Waals surface area contributed by atoms with Crippen molar-refractivity contribution in [3.8, 4) is 11.5 Å². The molecule has 134 valence electrons. The maximum absolute atomic E-state index is 13.7. The highest BCUT2D eigenvalue weighted by atomic mass is 32.2. The number of carbonyl (C=O) groups excluding carboxylic acids is 1. The third kappa shape index (κ3) is 4.18. The highest BCUT2D eigenvalue weighted by molar-refractivity contribution is 7.99. The maximum Gasteiger partial charge on any atom is 0.277 e. The standard InChI is InChI=1S/C15H16FN3O4S2/c1-19(10-6-7-25(21,22)9-10)13(20)8-24-15-18-17-14(23-15)11-4-2-3-5-12(11)16/h2-5,10H,6-9H2,1H3/t10-/m1/s1. The third-order valence-electron chi connectivity index (χ3n) is 3.98. The van der Waals surface area contributed by atoms with Crippen LogP contribution in [0.25, 0.3) is 11.5 Å². The zero-order valence-corrected chi connectivity index (χ0v) is 15.0. The van der Waals surface area contributed by atoms with E-state index in [4.69, 9.17) is 4.42 Å². The van der Waals surface area contributed by atoms with E-state index in [9.17, 15) is 17.6 Å². The number of amides is 1. The molecule has 1 aliphatic rings. The van der Waals surface area contributed by atoms with E-state index in [-0.39, 0.29) is 45.9 Å². The number of hydrogen-bond donors (Lipinski definition) is 0. The molecule has 7 nitrogen and oxygen atoms in total. The van der Waals surface area contributed by atoms with E-state index in [2.05, 4.69) is 10.2 Å². The molecule has 0 unspecified atom stereocenters. The molecule has 2 aromatic rings. The number of carbonyl (C=O) groups is 1. The minimum atomic E-state index is -3.05. The maximum atomic E-state index is 13.7. The molecule has 1 aromatic carbocycles. The van der Waals surface area contributed by atoms with E-state index in [0.717, 1.165) is 11.8 Å². The first-order valence-electron chi connectivity index (χ1n) is 7.53. The van der Waals surface area contributed by atoms with Crippen LogP contribution in [-0.2, 0) is 14.6 Å². The van der Waals surface area contributed by atoms with Gasteiger partial charge < -0.3 is 9.32 Å². The molecular weight excluding hydrogens is 369 g/mol. The van der Waals surface area contributed by atoms with E-state index < -0.39 is 15.7 Å². The van der Waals surface area contributed by atoms with Gasteiger partial charge in [-0.1, -0.05) is 23.9 Å². The van der Waals surface area contributed by atoms with Crippen molar-refractivity contribution in [3.05, 3.63) is 30.1 Å². The van der Waals surface area contributed by atoms with Crippen LogP contribution in [0.15, 0.2) is 33.9 Å². The second kappa shape index (κ2) is 7.12. The van der Waals surface area contributed by atoms with E-state index >= 15 is 0 Å². The van der Waals surface area contributed by atoms with E-state index in [1.54, 1.807) is 19.2 Å². The third-order valence-corrected chi connectivity index (χ3v) is 6.53. The summed E-state index contributed by atoms with van der Waals surface area (Å²) >= 11 is 1.03. The Morgan fingerprint density at radius 2 is 2.16 bits per heavy atom. The lowest BCUT2D eigenvalue weighted by atomic mass is 10.2. The molecule has 10 heteroatoms. The number of aromatic nitrogens is 2. The zero-order chi connectivity index (χ0) is 18.0. The summed E-state index contributed by atoms with van der Waals surface area (Å²) < 4.78 is 42.1. The fourth-order valence-corrected chi connectivity index (χ4v) is 4.98. The number of nitrogens with zero attached hydrogens (tertiary/aromatic N) is 3. The Labute approximate surface area is 148 Å². The molecule has 25 heavy (non-hydrogen) atoms. The predicted octanol–water partition coefficient (Wildman–Crippen LogP) is 1.61. The number of hydrogen-bond acceptors (Lipinski definition) is 7. The summed E-state index contributed by atoms with van der Waals surface area (Å²) in [7, 11) is -1.46. The van der Waals surface area contributed by atoms with Gasteiger partial charge in [-0.15, -0.1) is 10.2 Å². The number of sulfone groups is 1. The molecule has 0 bridgehead atoms. The first kappa shape index (κ1) is 17.9. The smallest absolute Gasteiger partial charge is 0.277 e. The summed E-state index contributed by atoms with van der Waals surface area (Å²) in [5.41, 5.74) is 0.196. The van der Waals surface area contributed by atoms with Gasteiger partial charge in [0.25, 0.3) is 11.1 Å². The molecule has 2 heterocycles. The molecule has 1 amide bonds. The molecule has 0 N–H and O–H groups in total. The van der Waals surface area contributed by atoms with E-state index in [1.165, 1.54) is 17.0 Å². The lowest BCUT2D eigenvalue weighted by molar-refractivity contribution is -0.128.